The molecule has 10 nitrogen and oxygen atoms in total. The quantitative estimate of drug-likeness (QED) is 0.457. The molecule has 0 radical (unpaired) electrons. The molecule has 38 heavy (non-hydrogen) atoms. The molecule has 200 valence electrons. The number of H-pyrrole nitrogens is 1. The van der Waals surface area contributed by atoms with Crippen molar-refractivity contribution in [1.82, 2.24) is 29.7 Å². The SMILES string of the molecule is C=CCNc1nccc(-c2[nH]c(C3OCC(C)(C(=O)N4CCN(C)CC4)CO3)nc2-c2ccc(F)cc2)n1. The first-order valence-corrected chi connectivity index (χ1v) is 12.6. The van der Waals surface area contributed by atoms with Crippen molar-refractivity contribution in [2.45, 2.75) is 13.2 Å². The first kappa shape index (κ1) is 26.0. The maximum Gasteiger partial charge on any atom is 0.233 e. The van der Waals surface area contributed by atoms with E-state index in [0.717, 1.165) is 13.1 Å². The van der Waals surface area contributed by atoms with E-state index >= 15 is 0 Å². The van der Waals surface area contributed by atoms with E-state index in [2.05, 4.69) is 38.8 Å². The predicted molar refractivity (Wildman–Crippen MR) is 141 cm³/mol. The lowest BCUT2D eigenvalue weighted by Gasteiger charge is -2.41. The summed E-state index contributed by atoms with van der Waals surface area (Å²) in [5, 5.41) is 3.08. The van der Waals surface area contributed by atoms with Crippen molar-refractivity contribution in [3.05, 3.63) is 60.8 Å². The van der Waals surface area contributed by atoms with E-state index in [1.54, 1.807) is 30.5 Å². The van der Waals surface area contributed by atoms with Crippen LogP contribution in [0.2, 0.25) is 0 Å². The zero-order valence-corrected chi connectivity index (χ0v) is 21.6. The van der Waals surface area contributed by atoms with Gasteiger partial charge in [0.25, 0.3) is 0 Å². The van der Waals surface area contributed by atoms with E-state index in [9.17, 15) is 9.18 Å². The second-order valence-corrected chi connectivity index (χ2v) is 9.90. The number of carbonyl (C=O) groups excluding carboxylic acids is 1. The lowest BCUT2D eigenvalue weighted by atomic mass is 9.90. The molecule has 0 atom stereocenters. The zero-order chi connectivity index (χ0) is 26.7. The lowest BCUT2D eigenvalue weighted by Crippen LogP contribution is -2.55. The number of anilines is 1. The molecular weight excluding hydrogens is 489 g/mol. The van der Waals surface area contributed by atoms with Crippen LogP contribution in [-0.4, -0.2) is 88.6 Å². The van der Waals surface area contributed by atoms with Crippen LogP contribution in [0.4, 0.5) is 10.3 Å². The van der Waals surface area contributed by atoms with E-state index in [4.69, 9.17) is 14.5 Å². The van der Waals surface area contributed by atoms with Crippen molar-refractivity contribution in [1.29, 1.82) is 0 Å². The molecule has 2 N–H and O–H groups in total. The van der Waals surface area contributed by atoms with Crippen molar-refractivity contribution < 1.29 is 18.7 Å². The topological polar surface area (TPSA) is 108 Å². The Morgan fingerprint density at radius 1 is 1.18 bits per heavy atom. The minimum atomic E-state index is -0.795. The summed E-state index contributed by atoms with van der Waals surface area (Å²) in [4.78, 5) is 34.3. The molecule has 2 fully saturated rings. The molecule has 0 bridgehead atoms. The fourth-order valence-corrected chi connectivity index (χ4v) is 4.53. The standard InChI is InChI=1S/C27H32FN7O3/c1-4-10-29-26-30-11-9-20(31-26)22-21(18-5-7-19(28)8-6-18)32-23(33-22)24-37-16-27(2,17-38-24)25(36)35-14-12-34(3)13-15-35/h4-9,11,24H,1,10,12-17H2,2-3H3,(H,32,33)(H,29,30,31). The smallest absolute Gasteiger partial charge is 0.233 e. The van der Waals surface area contributed by atoms with Gasteiger partial charge in [-0.05, 0) is 44.3 Å². The van der Waals surface area contributed by atoms with E-state index in [1.807, 2.05) is 11.8 Å². The minimum Gasteiger partial charge on any atom is -0.351 e. The number of piperazine rings is 1. The molecule has 2 aliphatic heterocycles. The summed E-state index contributed by atoms with van der Waals surface area (Å²) in [7, 11) is 2.05. The maximum absolute atomic E-state index is 13.6. The number of ether oxygens (including phenoxy) is 2. The van der Waals surface area contributed by atoms with Gasteiger partial charge in [-0.2, -0.15) is 0 Å². The summed E-state index contributed by atoms with van der Waals surface area (Å²) in [6.45, 7) is 9.58. The summed E-state index contributed by atoms with van der Waals surface area (Å²) in [6.07, 6.45) is 2.57. The summed E-state index contributed by atoms with van der Waals surface area (Å²) in [6, 6.07) is 7.84. The number of imidazole rings is 1. The first-order valence-electron chi connectivity index (χ1n) is 12.6. The van der Waals surface area contributed by atoms with Gasteiger partial charge >= 0.3 is 0 Å². The number of likely N-dealkylation sites (N-methyl/N-ethyl adjacent to an activating group) is 1. The van der Waals surface area contributed by atoms with Gasteiger partial charge in [0.2, 0.25) is 18.1 Å². The van der Waals surface area contributed by atoms with Crippen molar-refractivity contribution in [3.63, 3.8) is 0 Å². The number of aromatic nitrogens is 4. The number of nitrogens with one attached hydrogen (secondary N) is 2. The van der Waals surface area contributed by atoms with E-state index in [1.165, 1.54) is 12.1 Å². The van der Waals surface area contributed by atoms with Crippen molar-refractivity contribution in [2.24, 2.45) is 5.41 Å². The van der Waals surface area contributed by atoms with Crippen LogP contribution < -0.4 is 5.32 Å². The highest BCUT2D eigenvalue weighted by atomic mass is 19.1. The van der Waals surface area contributed by atoms with Gasteiger partial charge in [0.1, 0.15) is 5.82 Å². The Morgan fingerprint density at radius 2 is 1.89 bits per heavy atom. The molecule has 0 saturated carbocycles. The molecule has 2 aromatic heterocycles. The summed E-state index contributed by atoms with van der Waals surface area (Å²) < 4.78 is 25.8. The van der Waals surface area contributed by atoms with Gasteiger partial charge in [0, 0.05) is 44.5 Å². The van der Waals surface area contributed by atoms with Crippen LogP contribution in [0.15, 0.2) is 49.2 Å². The molecule has 2 saturated heterocycles. The molecule has 4 heterocycles. The van der Waals surface area contributed by atoms with Crippen LogP contribution in [0.1, 0.15) is 19.0 Å². The van der Waals surface area contributed by atoms with Crippen LogP contribution in [-0.2, 0) is 14.3 Å². The van der Waals surface area contributed by atoms with Gasteiger partial charge < -0.3 is 29.6 Å². The largest absolute Gasteiger partial charge is 0.351 e. The fourth-order valence-electron chi connectivity index (χ4n) is 4.53. The second kappa shape index (κ2) is 11.0. The minimum absolute atomic E-state index is 0.0386. The van der Waals surface area contributed by atoms with Crippen molar-refractivity contribution in [2.75, 3.05) is 58.3 Å². The third-order valence-electron chi connectivity index (χ3n) is 6.79. The zero-order valence-electron chi connectivity index (χ0n) is 21.6. The third kappa shape index (κ3) is 5.45. The van der Waals surface area contributed by atoms with E-state index in [0.29, 0.717) is 54.1 Å². The lowest BCUT2D eigenvalue weighted by molar-refractivity contribution is -0.234. The Bertz CT molecular complexity index is 1280. The van der Waals surface area contributed by atoms with Crippen molar-refractivity contribution >= 4 is 11.9 Å². The number of amides is 1. The number of hydrogen-bond acceptors (Lipinski definition) is 8. The van der Waals surface area contributed by atoms with Gasteiger partial charge in [-0.15, -0.1) is 6.58 Å². The van der Waals surface area contributed by atoms with Crippen LogP contribution in [0.3, 0.4) is 0 Å². The molecule has 3 aromatic rings. The van der Waals surface area contributed by atoms with Crippen LogP contribution in [0.25, 0.3) is 22.6 Å². The average molecular weight is 522 g/mol. The maximum atomic E-state index is 13.6. The molecule has 2 aliphatic rings. The van der Waals surface area contributed by atoms with E-state index < -0.39 is 11.7 Å². The molecule has 0 unspecified atom stereocenters. The monoisotopic (exact) mass is 521 g/mol. The number of halogens is 1. The predicted octanol–water partition coefficient (Wildman–Crippen LogP) is 3.10. The highest BCUT2D eigenvalue weighted by Gasteiger charge is 2.43. The Hall–Kier alpha value is -3.67. The van der Waals surface area contributed by atoms with Crippen LogP contribution in [0.5, 0.6) is 0 Å². The number of nitrogens with zero attached hydrogens (tertiary/aromatic N) is 5. The van der Waals surface area contributed by atoms with Gasteiger partial charge in [0.05, 0.1) is 35.7 Å². The van der Waals surface area contributed by atoms with Crippen molar-refractivity contribution in [3.8, 4) is 22.6 Å². The second-order valence-electron chi connectivity index (χ2n) is 9.90. The third-order valence-corrected chi connectivity index (χ3v) is 6.79. The number of aromatic amines is 1. The summed E-state index contributed by atoms with van der Waals surface area (Å²) in [5.74, 6) is 0.573. The highest BCUT2D eigenvalue weighted by molar-refractivity contribution is 5.83. The first-order chi connectivity index (χ1) is 18.4. The molecule has 5 rings (SSSR count). The van der Waals surface area contributed by atoms with Crippen LogP contribution >= 0.6 is 0 Å². The number of hydrogen-bond donors (Lipinski definition) is 2. The molecule has 0 spiro atoms. The Labute approximate surface area is 220 Å². The number of rotatable bonds is 7. The fraction of sp³-hybridized carbons (Fsp3) is 0.407. The molecule has 11 heteroatoms. The summed E-state index contributed by atoms with van der Waals surface area (Å²) >= 11 is 0. The highest BCUT2D eigenvalue weighted by Crippen LogP contribution is 2.36. The van der Waals surface area contributed by atoms with Gasteiger partial charge in [-0.3, -0.25) is 4.79 Å². The van der Waals surface area contributed by atoms with E-state index in [-0.39, 0.29) is 24.9 Å². The molecular formula is C27H32FN7O3. The number of benzene rings is 1. The normalized spacial score (nSPS) is 22.3. The molecule has 1 aromatic carbocycles. The Kier molecular flexibility index (Phi) is 7.50. The van der Waals surface area contributed by atoms with Gasteiger partial charge in [-0.1, -0.05) is 6.08 Å². The Balaban J connectivity index is 1.39. The average Bonchev–Trinajstić information content (AvgIpc) is 3.38. The molecule has 1 amide bonds. The van der Waals surface area contributed by atoms with Gasteiger partial charge in [0.15, 0.2) is 5.82 Å². The number of carbonyl (C=O) groups is 1. The molecule has 0 aliphatic carbocycles. The Morgan fingerprint density at radius 3 is 2.58 bits per heavy atom. The van der Waals surface area contributed by atoms with Crippen LogP contribution in [0, 0.1) is 11.2 Å². The summed E-state index contributed by atoms with van der Waals surface area (Å²) in [5.41, 5.74) is 1.71. The van der Waals surface area contributed by atoms with Gasteiger partial charge in [-0.25, -0.2) is 19.3 Å².